The van der Waals surface area contributed by atoms with Gasteiger partial charge in [-0.15, -0.1) is 0 Å². The number of benzene rings is 3. The van der Waals surface area contributed by atoms with E-state index >= 15 is 0 Å². The third-order valence-electron chi connectivity index (χ3n) is 5.34. The number of carbonyl (C=O) groups excluding carboxylic acids is 2. The molecule has 1 atom stereocenters. The first kappa shape index (κ1) is 25.7. The molecule has 2 amide bonds. The third-order valence-corrected chi connectivity index (χ3v) is 6.08. The largest absolute Gasteiger partial charge is 0.352 e. The van der Waals surface area contributed by atoms with Crippen LogP contribution in [-0.2, 0) is 29.0 Å². The molecule has 7 heteroatoms. The lowest BCUT2D eigenvalue weighted by Gasteiger charge is -2.32. The lowest BCUT2D eigenvalue weighted by molar-refractivity contribution is -0.141. The maximum Gasteiger partial charge on any atom is 0.243 e. The molecule has 0 aliphatic heterocycles. The Bertz CT molecular complexity index is 1140. The fraction of sp³-hybridized carbons (Fsp3) is 0.259. The van der Waals surface area contributed by atoms with E-state index < -0.39 is 11.9 Å². The van der Waals surface area contributed by atoms with Crippen LogP contribution in [0.15, 0.2) is 72.8 Å². The van der Waals surface area contributed by atoms with Gasteiger partial charge in [0.1, 0.15) is 11.9 Å². The Morgan fingerprint density at radius 3 is 2.24 bits per heavy atom. The Kier molecular flexibility index (Phi) is 9.08. The molecular formula is C27H27Cl2FN2O2. The van der Waals surface area contributed by atoms with Gasteiger partial charge in [0.05, 0.1) is 16.5 Å². The molecule has 0 bridgehead atoms. The van der Waals surface area contributed by atoms with Gasteiger partial charge in [0.25, 0.3) is 0 Å². The number of hydrogen-bond donors (Lipinski definition) is 1. The molecule has 34 heavy (non-hydrogen) atoms. The van der Waals surface area contributed by atoms with Crippen LogP contribution in [0.5, 0.6) is 0 Å². The Labute approximate surface area is 209 Å². The van der Waals surface area contributed by atoms with Crippen LogP contribution >= 0.6 is 23.2 Å². The van der Waals surface area contributed by atoms with E-state index in [0.29, 0.717) is 22.0 Å². The predicted octanol–water partition coefficient (Wildman–Crippen LogP) is 5.84. The molecule has 0 spiro atoms. The van der Waals surface area contributed by atoms with Crippen molar-refractivity contribution in [3.63, 3.8) is 0 Å². The molecule has 0 fully saturated rings. The molecule has 0 aromatic heterocycles. The lowest BCUT2D eigenvalue weighted by Crippen LogP contribution is -2.52. The smallest absolute Gasteiger partial charge is 0.243 e. The van der Waals surface area contributed by atoms with Crippen LogP contribution < -0.4 is 5.32 Å². The zero-order valence-electron chi connectivity index (χ0n) is 19.1. The van der Waals surface area contributed by atoms with Gasteiger partial charge < -0.3 is 10.2 Å². The predicted molar refractivity (Wildman–Crippen MR) is 134 cm³/mol. The molecule has 0 saturated carbocycles. The quantitative estimate of drug-likeness (QED) is 0.401. The van der Waals surface area contributed by atoms with Crippen molar-refractivity contribution in [1.29, 1.82) is 0 Å². The molecule has 0 aliphatic carbocycles. The van der Waals surface area contributed by atoms with Gasteiger partial charge in [0.15, 0.2) is 0 Å². The number of carbonyl (C=O) groups is 2. The van der Waals surface area contributed by atoms with Crippen molar-refractivity contribution in [3.05, 3.63) is 105 Å². The summed E-state index contributed by atoms with van der Waals surface area (Å²) in [4.78, 5) is 28.4. The van der Waals surface area contributed by atoms with Crippen LogP contribution in [0.25, 0.3) is 0 Å². The topological polar surface area (TPSA) is 49.4 Å². The number of nitrogens with zero attached hydrogens (tertiary/aromatic N) is 1. The van der Waals surface area contributed by atoms with E-state index in [1.54, 1.807) is 36.4 Å². The number of nitrogens with one attached hydrogen (secondary N) is 1. The first-order valence-electron chi connectivity index (χ1n) is 11.1. The van der Waals surface area contributed by atoms with Crippen LogP contribution in [0.4, 0.5) is 4.39 Å². The molecule has 3 aromatic carbocycles. The minimum Gasteiger partial charge on any atom is -0.352 e. The molecule has 3 rings (SSSR count). The normalized spacial score (nSPS) is 11.8. The van der Waals surface area contributed by atoms with Crippen molar-refractivity contribution < 1.29 is 14.0 Å². The molecule has 0 radical (unpaired) electrons. The van der Waals surface area contributed by atoms with Gasteiger partial charge in [-0.05, 0) is 48.7 Å². The van der Waals surface area contributed by atoms with Gasteiger partial charge in [0, 0.05) is 19.0 Å². The first-order chi connectivity index (χ1) is 16.2. The van der Waals surface area contributed by atoms with Gasteiger partial charge in [-0.1, -0.05) is 77.8 Å². The SMILES string of the molecule is CC(C)NC(=O)[C@@H](Cc1ccccc1)N(Cc1ccc(Cl)c(Cl)c1)C(=O)Cc1ccccc1F. The Hall–Kier alpha value is -2.89. The van der Waals surface area contributed by atoms with Gasteiger partial charge in [0.2, 0.25) is 11.8 Å². The van der Waals surface area contributed by atoms with Gasteiger partial charge >= 0.3 is 0 Å². The third kappa shape index (κ3) is 7.05. The minimum absolute atomic E-state index is 0.112. The lowest BCUT2D eigenvalue weighted by atomic mass is 10.0. The van der Waals surface area contributed by atoms with Gasteiger partial charge in [-0.2, -0.15) is 0 Å². The summed E-state index contributed by atoms with van der Waals surface area (Å²) in [6.07, 6.45) is 0.137. The second kappa shape index (κ2) is 12.0. The molecular weight excluding hydrogens is 474 g/mol. The van der Waals surface area contributed by atoms with Crippen molar-refractivity contribution in [2.75, 3.05) is 0 Å². The maximum atomic E-state index is 14.3. The number of amides is 2. The highest BCUT2D eigenvalue weighted by Crippen LogP contribution is 2.25. The number of hydrogen-bond acceptors (Lipinski definition) is 2. The summed E-state index contributed by atoms with van der Waals surface area (Å²) in [5.74, 6) is -1.10. The Morgan fingerprint density at radius 1 is 0.912 bits per heavy atom. The summed E-state index contributed by atoms with van der Waals surface area (Å²) in [5.41, 5.74) is 1.89. The summed E-state index contributed by atoms with van der Waals surface area (Å²) in [6.45, 7) is 3.84. The van der Waals surface area contributed by atoms with Crippen molar-refractivity contribution in [2.45, 2.75) is 45.3 Å². The average Bonchev–Trinajstić information content (AvgIpc) is 2.80. The standard InChI is InChI=1S/C27H27Cl2FN2O2/c1-18(2)31-27(34)25(15-19-8-4-3-5-9-19)32(17-20-12-13-22(28)23(29)14-20)26(33)16-21-10-6-7-11-24(21)30/h3-14,18,25H,15-17H2,1-2H3,(H,31,34)/t25-/m1/s1. The maximum absolute atomic E-state index is 14.3. The van der Waals surface area contributed by atoms with E-state index in [4.69, 9.17) is 23.2 Å². The van der Waals surface area contributed by atoms with Crippen molar-refractivity contribution in [1.82, 2.24) is 10.2 Å². The van der Waals surface area contributed by atoms with Crippen LogP contribution in [0, 0.1) is 5.82 Å². The Morgan fingerprint density at radius 2 is 1.59 bits per heavy atom. The molecule has 1 N–H and O–H groups in total. The van der Waals surface area contributed by atoms with Crippen molar-refractivity contribution in [3.8, 4) is 0 Å². The fourth-order valence-electron chi connectivity index (χ4n) is 3.68. The second-order valence-electron chi connectivity index (χ2n) is 8.41. The number of halogens is 3. The highest BCUT2D eigenvalue weighted by Gasteiger charge is 2.31. The van der Waals surface area contributed by atoms with Gasteiger partial charge in [-0.3, -0.25) is 9.59 Å². The molecule has 0 aliphatic rings. The summed E-state index contributed by atoms with van der Waals surface area (Å²) in [7, 11) is 0. The highest BCUT2D eigenvalue weighted by molar-refractivity contribution is 6.42. The van der Waals surface area contributed by atoms with Crippen LogP contribution in [0.1, 0.15) is 30.5 Å². The Balaban J connectivity index is 2.00. The van der Waals surface area contributed by atoms with E-state index in [9.17, 15) is 14.0 Å². The van der Waals surface area contributed by atoms with E-state index in [1.165, 1.54) is 11.0 Å². The van der Waals surface area contributed by atoms with E-state index in [-0.39, 0.29) is 36.4 Å². The number of rotatable bonds is 9. The second-order valence-corrected chi connectivity index (χ2v) is 9.22. The van der Waals surface area contributed by atoms with Crippen LogP contribution in [0.2, 0.25) is 10.0 Å². The highest BCUT2D eigenvalue weighted by atomic mass is 35.5. The van der Waals surface area contributed by atoms with E-state index in [0.717, 1.165) is 5.56 Å². The fourth-order valence-corrected chi connectivity index (χ4v) is 4.00. The minimum atomic E-state index is -0.807. The first-order valence-corrected chi connectivity index (χ1v) is 11.8. The van der Waals surface area contributed by atoms with Crippen LogP contribution in [-0.4, -0.2) is 28.8 Å². The molecule has 0 unspecified atom stereocenters. The summed E-state index contributed by atoms with van der Waals surface area (Å²) >= 11 is 12.3. The average molecular weight is 501 g/mol. The summed E-state index contributed by atoms with van der Waals surface area (Å²) in [5, 5.41) is 3.68. The summed E-state index contributed by atoms with van der Waals surface area (Å²) < 4.78 is 14.3. The molecule has 0 saturated heterocycles. The zero-order chi connectivity index (χ0) is 24.7. The molecule has 4 nitrogen and oxygen atoms in total. The molecule has 3 aromatic rings. The van der Waals surface area contributed by atoms with E-state index in [2.05, 4.69) is 5.32 Å². The van der Waals surface area contributed by atoms with Crippen LogP contribution in [0.3, 0.4) is 0 Å². The van der Waals surface area contributed by atoms with E-state index in [1.807, 2.05) is 44.2 Å². The zero-order valence-corrected chi connectivity index (χ0v) is 20.6. The molecule has 178 valence electrons. The van der Waals surface area contributed by atoms with Crippen molar-refractivity contribution in [2.24, 2.45) is 0 Å². The molecule has 0 heterocycles. The van der Waals surface area contributed by atoms with Crippen molar-refractivity contribution >= 4 is 35.0 Å². The summed E-state index contributed by atoms with van der Waals surface area (Å²) in [6, 6.07) is 19.8. The monoisotopic (exact) mass is 500 g/mol. The van der Waals surface area contributed by atoms with Gasteiger partial charge in [-0.25, -0.2) is 4.39 Å².